The zero-order valence-corrected chi connectivity index (χ0v) is 13.3. The Hall–Kier alpha value is -1.12. The molecule has 9 heteroatoms. The molecule has 2 N–H and O–H groups in total. The minimum absolute atomic E-state index is 0.0589. The number of aliphatic hydroxyl groups is 1. The zero-order chi connectivity index (χ0) is 15.6. The van der Waals surface area contributed by atoms with Gasteiger partial charge in [0.15, 0.2) is 5.76 Å². The third-order valence-corrected chi connectivity index (χ3v) is 5.05. The van der Waals surface area contributed by atoms with Crippen molar-refractivity contribution in [1.29, 1.82) is 0 Å². The SMILES string of the molecule is Cc1cc(CNS(=O)(=O)c2ccc(Cl)c(CO)c2Cl)on1. The summed E-state index contributed by atoms with van der Waals surface area (Å²) in [5.41, 5.74) is 0.813. The molecule has 0 aliphatic carbocycles. The second-order valence-electron chi connectivity index (χ2n) is 4.26. The number of aryl methyl sites for hydroxylation is 1. The lowest BCUT2D eigenvalue weighted by molar-refractivity contribution is 0.281. The van der Waals surface area contributed by atoms with Gasteiger partial charge in [-0.15, -0.1) is 0 Å². The first-order valence-electron chi connectivity index (χ1n) is 5.84. The highest BCUT2D eigenvalue weighted by Gasteiger charge is 2.21. The van der Waals surface area contributed by atoms with Gasteiger partial charge in [-0.3, -0.25) is 0 Å². The van der Waals surface area contributed by atoms with Crippen LogP contribution in [0.2, 0.25) is 10.0 Å². The van der Waals surface area contributed by atoms with Crippen LogP contribution < -0.4 is 4.72 Å². The predicted octanol–water partition coefficient (Wildman–Crippen LogP) is 2.26. The Morgan fingerprint density at radius 1 is 1.38 bits per heavy atom. The highest BCUT2D eigenvalue weighted by atomic mass is 35.5. The highest BCUT2D eigenvalue weighted by Crippen LogP contribution is 2.31. The number of hydrogen-bond acceptors (Lipinski definition) is 5. The van der Waals surface area contributed by atoms with E-state index in [0.717, 1.165) is 0 Å². The van der Waals surface area contributed by atoms with E-state index >= 15 is 0 Å². The first kappa shape index (κ1) is 16.3. The number of benzene rings is 1. The van der Waals surface area contributed by atoms with Crippen LogP contribution in [0.25, 0.3) is 0 Å². The van der Waals surface area contributed by atoms with E-state index in [1.807, 2.05) is 0 Å². The van der Waals surface area contributed by atoms with E-state index in [-0.39, 0.29) is 27.0 Å². The summed E-state index contributed by atoms with van der Waals surface area (Å²) in [4.78, 5) is -0.158. The molecule has 114 valence electrons. The van der Waals surface area contributed by atoms with Crippen LogP contribution in [0, 0.1) is 6.92 Å². The topological polar surface area (TPSA) is 92.4 Å². The van der Waals surface area contributed by atoms with Crippen LogP contribution in [-0.2, 0) is 23.2 Å². The van der Waals surface area contributed by atoms with E-state index in [0.29, 0.717) is 11.5 Å². The Bertz CT molecular complexity index is 759. The monoisotopic (exact) mass is 350 g/mol. The van der Waals surface area contributed by atoms with E-state index < -0.39 is 16.6 Å². The molecule has 0 atom stereocenters. The number of nitrogens with zero attached hydrogens (tertiary/aromatic N) is 1. The molecule has 0 saturated heterocycles. The summed E-state index contributed by atoms with van der Waals surface area (Å²) in [5.74, 6) is 0.378. The van der Waals surface area contributed by atoms with Gasteiger partial charge in [0.05, 0.1) is 23.9 Å². The molecule has 0 radical (unpaired) electrons. The average molecular weight is 351 g/mol. The van der Waals surface area contributed by atoms with Crippen molar-refractivity contribution in [3.63, 3.8) is 0 Å². The molecule has 1 aromatic carbocycles. The molecule has 0 unspecified atom stereocenters. The Morgan fingerprint density at radius 2 is 2.10 bits per heavy atom. The predicted molar refractivity (Wildman–Crippen MR) is 77.7 cm³/mol. The van der Waals surface area contributed by atoms with Crippen LogP contribution >= 0.6 is 23.2 Å². The number of nitrogens with one attached hydrogen (secondary N) is 1. The van der Waals surface area contributed by atoms with Gasteiger partial charge in [0.2, 0.25) is 10.0 Å². The molecule has 1 heterocycles. The molecule has 0 aliphatic heterocycles. The number of aromatic nitrogens is 1. The lowest BCUT2D eigenvalue weighted by Gasteiger charge is -2.11. The Labute approximate surface area is 131 Å². The van der Waals surface area contributed by atoms with Gasteiger partial charge in [-0.1, -0.05) is 28.4 Å². The summed E-state index contributed by atoms with van der Waals surface area (Å²) in [6, 6.07) is 4.26. The van der Waals surface area contributed by atoms with E-state index in [4.69, 9.17) is 27.7 Å². The fraction of sp³-hybridized carbons (Fsp3) is 0.250. The van der Waals surface area contributed by atoms with Gasteiger partial charge in [-0.05, 0) is 19.1 Å². The maximum atomic E-state index is 12.2. The zero-order valence-electron chi connectivity index (χ0n) is 10.9. The van der Waals surface area contributed by atoms with Crippen molar-refractivity contribution in [3.8, 4) is 0 Å². The molecule has 0 fully saturated rings. The summed E-state index contributed by atoms with van der Waals surface area (Å²) in [6.07, 6.45) is 0. The normalized spacial score (nSPS) is 11.8. The summed E-state index contributed by atoms with van der Waals surface area (Å²) < 4.78 is 31.7. The average Bonchev–Trinajstić information content (AvgIpc) is 2.83. The first-order valence-corrected chi connectivity index (χ1v) is 8.08. The molecule has 2 rings (SSSR count). The minimum Gasteiger partial charge on any atom is -0.392 e. The van der Waals surface area contributed by atoms with Crippen molar-refractivity contribution in [2.45, 2.75) is 25.0 Å². The largest absolute Gasteiger partial charge is 0.392 e. The lowest BCUT2D eigenvalue weighted by Crippen LogP contribution is -2.23. The third kappa shape index (κ3) is 3.56. The molecule has 2 aromatic rings. The molecule has 0 saturated carbocycles. The molecule has 0 spiro atoms. The van der Waals surface area contributed by atoms with Crippen LogP contribution in [0.15, 0.2) is 27.6 Å². The van der Waals surface area contributed by atoms with Crippen LogP contribution in [0.5, 0.6) is 0 Å². The van der Waals surface area contributed by atoms with Crippen molar-refractivity contribution in [2.24, 2.45) is 0 Å². The van der Waals surface area contributed by atoms with Crippen molar-refractivity contribution in [1.82, 2.24) is 9.88 Å². The molecule has 21 heavy (non-hydrogen) atoms. The van der Waals surface area contributed by atoms with E-state index in [2.05, 4.69) is 9.88 Å². The quantitative estimate of drug-likeness (QED) is 0.862. The molecular formula is C12H12Cl2N2O4S. The second-order valence-corrected chi connectivity index (χ2v) is 6.78. The van der Waals surface area contributed by atoms with Gasteiger partial charge >= 0.3 is 0 Å². The van der Waals surface area contributed by atoms with Crippen LogP contribution in [0.3, 0.4) is 0 Å². The van der Waals surface area contributed by atoms with Gasteiger partial charge in [0.25, 0.3) is 0 Å². The van der Waals surface area contributed by atoms with Crippen molar-refractivity contribution in [3.05, 3.63) is 45.3 Å². The molecule has 6 nitrogen and oxygen atoms in total. The van der Waals surface area contributed by atoms with E-state index in [1.165, 1.54) is 12.1 Å². The number of sulfonamides is 1. The summed E-state index contributed by atoms with van der Waals surface area (Å²) >= 11 is 11.8. The third-order valence-electron chi connectivity index (χ3n) is 2.71. The highest BCUT2D eigenvalue weighted by molar-refractivity contribution is 7.89. The van der Waals surface area contributed by atoms with Crippen LogP contribution in [0.1, 0.15) is 17.0 Å². The summed E-state index contributed by atoms with van der Waals surface area (Å²) in [6.45, 7) is 1.21. The number of hydrogen-bond donors (Lipinski definition) is 2. The van der Waals surface area contributed by atoms with Crippen LogP contribution in [-0.4, -0.2) is 18.7 Å². The fourth-order valence-electron chi connectivity index (χ4n) is 1.67. The van der Waals surface area contributed by atoms with E-state index in [1.54, 1.807) is 13.0 Å². The smallest absolute Gasteiger partial charge is 0.242 e. The molecule has 0 bridgehead atoms. The van der Waals surface area contributed by atoms with Gasteiger partial charge < -0.3 is 9.63 Å². The summed E-state index contributed by atoms with van der Waals surface area (Å²) in [5, 5.41) is 12.9. The number of aliphatic hydroxyl groups excluding tert-OH is 1. The Kier molecular flexibility index (Phi) is 4.90. The van der Waals surface area contributed by atoms with E-state index in [9.17, 15) is 13.5 Å². The second kappa shape index (κ2) is 6.33. The molecular weight excluding hydrogens is 339 g/mol. The van der Waals surface area contributed by atoms with Gasteiger partial charge in [-0.2, -0.15) is 0 Å². The van der Waals surface area contributed by atoms with Gasteiger partial charge in [-0.25, -0.2) is 13.1 Å². The Balaban J connectivity index is 2.27. The van der Waals surface area contributed by atoms with Gasteiger partial charge in [0.1, 0.15) is 4.90 Å². The fourth-order valence-corrected chi connectivity index (χ4v) is 3.56. The number of halogens is 2. The van der Waals surface area contributed by atoms with Crippen LogP contribution in [0.4, 0.5) is 0 Å². The first-order chi connectivity index (χ1) is 9.85. The number of rotatable bonds is 5. The lowest BCUT2D eigenvalue weighted by atomic mass is 10.2. The maximum Gasteiger partial charge on any atom is 0.242 e. The van der Waals surface area contributed by atoms with Crippen molar-refractivity contribution in [2.75, 3.05) is 0 Å². The van der Waals surface area contributed by atoms with Crippen molar-refractivity contribution < 1.29 is 18.0 Å². The molecule has 0 aliphatic rings. The minimum atomic E-state index is -3.87. The van der Waals surface area contributed by atoms with Crippen molar-refractivity contribution >= 4 is 33.2 Å². The van der Waals surface area contributed by atoms with Gasteiger partial charge in [0, 0.05) is 16.7 Å². The molecule has 1 aromatic heterocycles. The standard InChI is InChI=1S/C12H12Cl2N2O4S/c1-7-4-8(20-16-7)5-15-21(18,19)11-3-2-10(13)9(6-17)12(11)14/h2-4,15,17H,5-6H2,1H3. The Morgan fingerprint density at radius 3 is 2.67 bits per heavy atom. The maximum absolute atomic E-state index is 12.2. The summed E-state index contributed by atoms with van der Waals surface area (Å²) in [7, 11) is -3.87. The molecule has 0 amide bonds.